The minimum Gasteiger partial charge on any atom is -0.362 e. The molecule has 0 atom stereocenters. The fraction of sp³-hybridized carbons (Fsp3) is 0.300. The number of hydrogen-bond donors (Lipinski definition) is 2. The third-order valence-electron chi connectivity index (χ3n) is 4.79. The molecule has 2 aromatic rings. The Morgan fingerprint density at radius 1 is 1.03 bits per heavy atom. The van der Waals surface area contributed by atoms with Gasteiger partial charge in [-0.1, -0.05) is 18.2 Å². The number of urea groups is 1. The van der Waals surface area contributed by atoms with Gasteiger partial charge in [-0.3, -0.25) is 14.9 Å². The lowest BCUT2D eigenvalue weighted by molar-refractivity contribution is -0.384. The lowest BCUT2D eigenvalue weighted by Gasteiger charge is -2.35. The van der Waals surface area contributed by atoms with Gasteiger partial charge in [-0.15, -0.1) is 0 Å². The molecule has 0 saturated carbocycles. The Hall–Kier alpha value is -3.62. The monoisotopic (exact) mass is 397 g/mol. The van der Waals surface area contributed by atoms with E-state index in [-0.39, 0.29) is 17.6 Å². The largest absolute Gasteiger partial charge is 0.362 e. The Kier molecular flexibility index (Phi) is 5.96. The number of hydrogen-bond acceptors (Lipinski definition) is 5. The molecule has 3 amide bonds. The number of nitro groups is 1. The molecule has 0 spiro atoms. The van der Waals surface area contributed by atoms with Crippen LogP contribution in [0.2, 0.25) is 0 Å². The van der Waals surface area contributed by atoms with Crippen LogP contribution in [-0.4, -0.2) is 47.9 Å². The van der Waals surface area contributed by atoms with Crippen LogP contribution in [0.3, 0.4) is 0 Å². The van der Waals surface area contributed by atoms with Crippen molar-refractivity contribution in [1.82, 2.24) is 4.90 Å². The van der Waals surface area contributed by atoms with Gasteiger partial charge < -0.3 is 20.4 Å². The highest BCUT2D eigenvalue weighted by Crippen LogP contribution is 2.28. The van der Waals surface area contributed by atoms with Crippen LogP contribution in [0.15, 0.2) is 42.5 Å². The molecular weight excluding hydrogens is 374 g/mol. The number of amides is 3. The van der Waals surface area contributed by atoms with Crippen LogP contribution < -0.4 is 15.5 Å². The third-order valence-corrected chi connectivity index (χ3v) is 4.79. The summed E-state index contributed by atoms with van der Waals surface area (Å²) in [6, 6.07) is 11.7. The average molecular weight is 397 g/mol. The number of benzene rings is 2. The van der Waals surface area contributed by atoms with Crippen LogP contribution in [0, 0.1) is 17.0 Å². The Morgan fingerprint density at radius 2 is 1.72 bits per heavy atom. The van der Waals surface area contributed by atoms with Crippen LogP contribution in [0.4, 0.5) is 27.5 Å². The van der Waals surface area contributed by atoms with Gasteiger partial charge in [0.25, 0.3) is 5.69 Å². The first-order valence-electron chi connectivity index (χ1n) is 9.27. The number of carbonyl (C=O) groups excluding carboxylic acids is 2. The molecule has 2 aromatic carbocycles. The molecule has 0 unspecified atom stereocenters. The number of aryl methyl sites for hydroxylation is 1. The summed E-state index contributed by atoms with van der Waals surface area (Å²) in [7, 11) is 0. The van der Waals surface area contributed by atoms with Crippen molar-refractivity contribution in [2.75, 3.05) is 41.7 Å². The van der Waals surface area contributed by atoms with Crippen molar-refractivity contribution in [1.29, 1.82) is 0 Å². The number of anilines is 3. The second-order valence-corrected chi connectivity index (χ2v) is 6.86. The third kappa shape index (κ3) is 4.81. The van der Waals surface area contributed by atoms with Gasteiger partial charge in [0.05, 0.1) is 4.92 Å². The van der Waals surface area contributed by atoms with Crippen LogP contribution >= 0.6 is 0 Å². The zero-order valence-electron chi connectivity index (χ0n) is 16.3. The van der Waals surface area contributed by atoms with Crippen molar-refractivity contribution < 1.29 is 14.5 Å². The summed E-state index contributed by atoms with van der Waals surface area (Å²) in [4.78, 5) is 38.3. The number of piperazine rings is 1. The van der Waals surface area contributed by atoms with Gasteiger partial charge >= 0.3 is 6.03 Å². The standard InChI is InChI=1S/C20H23N5O4/c1-14-7-8-16(13-17(14)21-15(2)26)22-20(27)24-11-9-23(10-12-24)18-5-3-4-6-19(18)25(28)29/h3-8,13H,9-12H2,1-2H3,(H,21,26)(H,22,27). The predicted octanol–water partition coefficient (Wildman–Crippen LogP) is 3.22. The van der Waals surface area contributed by atoms with Crippen molar-refractivity contribution in [3.05, 3.63) is 58.1 Å². The molecule has 3 rings (SSSR count). The Labute approximate surface area is 168 Å². The highest BCUT2D eigenvalue weighted by Gasteiger charge is 2.25. The van der Waals surface area contributed by atoms with E-state index in [9.17, 15) is 19.7 Å². The van der Waals surface area contributed by atoms with Gasteiger partial charge in [0.1, 0.15) is 5.69 Å². The number of nitro benzene ring substituents is 1. The SMILES string of the molecule is CC(=O)Nc1cc(NC(=O)N2CCN(c3ccccc3[N+](=O)[O-])CC2)ccc1C. The fourth-order valence-electron chi connectivity index (χ4n) is 3.26. The van der Waals surface area contributed by atoms with Crippen molar-refractivity contribution in [2.45, 2.75) is 13.8 Å². The summed E-state index contributed by atoms with van der Waals surface area (Å²) in [5, 5.41) is 16.8. The summed E-state index contributed by atoms with van der Waals surface area (Å²) in [6.07, 6.45) is 0. The lowest BCUT2D eigenvalue weighted by atomic mass is 10.1. The minimum atomic E-state index is -0.390. The van der Waals surface area contributed by atoms with E-state index in [1.807, 2.05) is 17.9 Å². The highest BCUT2D eigenvalue weighted by atomic mass is 16.6. The van der Waals surface area contributed by atoms with Crippen LogP contribution in [-0.2, 0) is 4.79 Å². The van der Waals surface area contributed by atoms with Crippen LogP contribution in [0.5, 0.6) is 0 Å². The van der Waals surface area contributed by atoms with Crippen LogP contribution in [0.25, 0.3) is 0 Å². The molecule has 2 N–H and O–H groups in total. The quantitative estimate of drug-likeness (QED) is 0.608. The predicted molar refractivity (Wildman–Crippen MR) is 111 cm³/mol. The van der Waals surface area contributed by atoms with E-state index >= 15 is 0 Å². The maximum atomic E-state index is 12.6. The molecule has 29 heavy (non-hydrogen) atoms. The molecule has 1 fully saturated rings. The van der Waals surface area contributed by atoms with Gasteiger partial charge in [0, 0.05) is 50.5 Å². The second-order valence-electron chi connectivity index (χ2n) is 6.86. The first kappa shape index (κ1) is 20.1. The van der Waals surface area contributed by atoms with Gasteiger partial charge in [-0.05, 0) is 30.7 Å². The molecule has 1 heterocycles. The van der Waals surface area contributed by atoms with E-state index < -0.39 is 4.92 Å². The Bertz CT molecular complexity index is 938. The van der Waals surface area contributed by atoms with E-state index in [1.54, 1.807) is 35.2 Å². The molecule has 0 bridgehead atoms. The molecule has 1 aliphatic rings. The summed E-state index contributed by atoms with van der Waals surface area (Å²) < 4.78 is 0. The number of rotatable bonds is 4. The minimum absolute atomic E-state index is 0.0653. The van der Waals surface area contributed by atoms with Gasteiger partial charge in [0.15, 0.2) is 0 Å². The summed E-state index contributed by atoms with van der Waals surface area (Å²) in [5.74, 6) is -0.178. The zero-order valence-corrected chi connectivity index (χ0v) is 16.3. The first-order valence-corrected chi connectivity index (χ1v) is 9.27. The molecule has 1 aliphatic heterocycles. The van der Waals surface area contributed by atoms with Crippen LogP contribution in [0.1, 0.15) is 12.5 Å². The summed E-state index contributed by atoms with van der Waals surface area (Å²) in [6.45, 7) is 5.21. The molecule has 9 nitrogen and oxygen atoms in total. The first-order chi connectivity index (χ1) is 13.8. The molecule has 0 aliphatic carbocycles. The Morgan fingerprint density at radius 3 is 2.38 bits per heavy atom. The number of nitrogens with zero attached hydrogens (tertiary/aromatic N) is 3. The molecule has 0 radical (unpaired) electrons. The summed E-state index contributed by atoms with van der Waals surface area (Å²) in [5.41, 5.74) is 2.77. The fourth-order valence-corrected chi connectivity index (χ4v) is 3.26. The maximum Gasteiger partial charge on any atom is 0.321 e. The van der Waals surface area contributed by atoms with E-state index in [4.69, 9.17) is 0 Å². The number of carbonyl (C=O) groups is 2. The molecule has 1 saturated heterocycles. The van der Waals surface area contributed by atoms with Crippen molar-refractivity contribution in [3.63, 3.8) is 0 Å². The molecule has 152 valence electrons. The van der Waals surface area contributed by atoms with Gasteiger partial charge in [-0.2, -0.15) is 0 Å². The van der Waals surface area contributed by atoms with Crippen molar-refractivity contribution >= 4 is 34.7 Å². The summed E-state index contributed by atoms with van der Waals surface area (Å²) >= 11 is 0. The van der Waals surface area contributed by atoms with E-state index in [2.05, 4.69) is 10.6 Å². The number of para-hydroxylation sites is 2. The average Bonchev–Trinajstić information content (AvgIpc) is 2.70. The van der Waals surface area contributed by atoms with Crippen molar-refractivity contribution in [2.24, 2.45) is 0 Å². The van der Waals surface area contributed by atoms with E-state index in [1.165, 1.54) is 13.0 Å². The topological polar surface area (TPSA) is 108 Å². The van der Waals surface area contributed by atoms with Gasteiger partial charge in [-0.25, -0.2) is 4.79 Å². The Balaban J connectivity index is 1.62. The van der Waals surface area contributed by atoms with Crippen molar-refractivity contribution in [3.8, 4) is 0 Å². The zero-order chi connectivity index (χ0) is 21.0. The lowest BCUT2D eigenvalue weighted by Crippen LogP contribution is -2.50. The highest BCUT2D eigenvalue weighted by molar-refractivity contribution is 5.93. The normalized spacial score (nSPS) is 13.7. The smallest absolute Gasteiger partial charge is 0.321 e. The molecule has 0 aromatic heterocycles. The van der Waals surface area contributed by atoms with E-state index in [0.29, 0.717) is 43.2 Å². The maximum absolute atomic E-state index is 12.6. The number of nitrogens with one attached hydrogen (secondary N) is 2. The molecule has 9 heteroatoms. The molecular formula is C20H23N5O4. The van der Waals surface area contributed by atoms with Gasteiger partial charge in [0.2, 0.25) is 5.91 Å². The second kappa shape index (κ2) is 8.59. The van der Waals surface area contributed by atoms with E-state index in [0.717, 1.165) is 5.56 Å².